The molecule has 0 unspecified atom stereocenters. The summed E-state index contributed by atoms with van der Waals surface area (Å²) in [6, 6.07) is 6.16. The summed E-state index contributed by atoms with van der Waals surface area (Å²) < 4.78 is 5.55. The van der Waals surface area contributed by atoms with E-state index in [0.29, 0.717) is 25.4 Å². The number of nitrogens with one attached hydrogen (secondary N) is 1. The summed E-state index contributed by atoms with van der Waals surface area (Å²) in [5.41, 5.74) is 5.09. The highest BCUT2D eigenvalue weighted by molar-refractivity contribution is 7.13. The molecule has 0 saturated heterocycles. The van der Waals surface area contributed by atoms with Gasteiger partial charge in [-0.3, -0.25) is 4.79 Å². The van der Waals surface area contributed by atoms with E-state index in [0.717, 1.165) is 39.8 Å². The Bertz CT molecular complexity index is 1200. The number of carbonyl (C=O) groups excluding carboxylic acids is 1. The van der Waals surface area contributed by atoms with E-state index in [1.807, 2.05) is 24.3 Å². The summed E-state index contributed by atoms with van der Waals surface area (Å²) in [5, 5.41) is 6.17. The summed E-state index contributed by atoms with van der Waals surface area (Å²) in [5.74, 6) is 8.04. The molecule has 2 aliphatic carbocycles. The molecule has 1 amide bonds. The third-order valence-electron chi connectivity index (χ3n) is 6.42. The van der Waals surface area contributed by atoms with Gasteiger partial charge in [0.25, 0.3) is 0 Å². The summed E-state index contributed by atoms with van der Waals surface area (Å²) in [6.45, 7) is 10.7. The Labute approximate surface area is 213 Å². The van der Waals surface area contributed by atoms with Crippen molar-refractivity contribution in [2.24, 2.45) is 5.92 Å². The van der Waals surface area contributed by atoms with E-state index < -0.39 is 0 Å². The van der Waals surface area contributed by atoms with Gasteiger partial charge in [-0.15, -0.1) is 11.3 Å². The number of benzene rings is 1. The minimum Gasteiger partial charge on any atom is -0.496 e. The van der Waals surface area contributed by atoms with E-state index in [1.165, 1.54) is 18.4 Å². The van der Waals surface area contributed by atoms with E-state index in [4.69, 9.17) is 9.72 Å². The van der Waals surface area contributed by atoms with Crippen molar-refractivity contribution in [1.29, 1.82) is 0 Å². The number of hydrogen-bond donors (Lipinski definition) is 1. The number of nitrogens with zero attached hydrogens (tertiary/aromatic N) is 2. The lowest BCUT2D eigenvalue weighted by Crippen LogP contribution is -2.26. The molecule has 0 atom stereocenters. The van der Waals surface area contributed by atoms with Gasteiger partial charge < -0.3 is 15.0 Å². The molecule has 2 aliphatic rings. The van der Waals surface area contributed by atoms with E-state index in [9.17, 15) is 4.79 Å². The Morgan fingerprint density at radius 1 is 1.26 bits per heavy atom. The Hall–Kier alpha value is -3.04. The molecular formula is C29H35N3O2S. The van der Waals surface area contributed by atoms with Gasteiger partial charge in [-0.1, -0.05) is 50.8 Å². The van der Waals surface area contributed by atoms with Crippen molar-refractivity contribution >= 4 is 22.4 Å². The monoisotopic (exact) mass is 489 g/mol. The van der Waals surface area contributed by atoms with Gasteiger partial charge in [0.1, 0.15) is 5.75 Å². The van der Waals surface area contributed by atoms with Gasteiger partial charge in [0.05, 0.1) is 19.3 Å². The van der Waals surface area contributed by atoms with E-state index >= 15 is 0 Å². The predicted molar refractivity (Wildman–Crippen MR) is 144 cm³/mol. The molecule has 35 heavy (non-hydrogen) atoms. The number of ether oxygens (including phenoxy) is 1. The summed E-state index contributed by atoms with van der Waals surface area (Å²) in [7, 11) is 1.71. The van der Waals surface area contributed by atoms with Crippen LogP contribution < -0.4 is 15.0 Å². The van der Waals surface area contributed by atoms with Crippen LogP contribution in [-0.2, 0) is 16.8 Å². The molecule has 5 nitrogen and oxygen atoms in total. The number of anilines is 1. The molecule has 1 aromatic carbocycles. The summed E-state index contributed by atoms with van der Waals surface area (Å²) in [6.07, 6.45) is 6.83. The van der Waals surface area contributed by atoms with Gasteiger partial charge in [0, 0.05) is 41.5 Å². The van der Waals surface area contributed by atoms with Crippen LogP contribution in [0.5, 0.6) is 5.75 Å². The number of methoxy groups -OCH3 is 1. The lowest BCUT2D eigenvalue weighted by molar-refractivity contribution is -0.117. The number of aromatic nitrogens is 1. The van der Waals surface area contributed by atoms with Crippen molar-refractivity contribution in [1.82, 2.24) is 10.3 Å². The van der Waals surface area contributed by atoms with Crippen LogP contribution >= 0.6 is 11.3 Å². The standard InChI is InChI=1S/C29H35N3O2S/c1-20-24(10-7-11-25(20)34-5)18-32(28-31-26(19-35-28)29(2,3)4)17-22-8-6-9-23(15-14-22)27(33)30-16-21-12-13-21/h7,10-11,14-15,19,21H,9,12-13,16-18H2,1-5H3,(H,30,33). The normalized spacial score (nSPS) is 15.3. The molecule has 4 rings (SSSR count). The Morgan fingerprint density at radius 3 is 2.74 bits per heavy atom. The first-order valence-corrected chi connectivity index (χ1v) is 13.1. The zero-order valence-electron chi connectivity index (χ0n) is 21.4. The Morgan fingerprint density at radius 2 is 2.06 bits per heavy atom. The molecule has 1 heterocycles. The topological polar surface area (TPSA) is 54.5 Å². The van der Waals surface area contributed by atoms with Gasteiger partial charge in [0.15, 0.2) is 5.13 Å². The number of allylic oxidation sites excluding steroid dienone is 2. The number of carbonyl (C=O) groups is 1. The predicted octanol–water partition coefficient (Wildman–Crippen LogP) is 5.55. The third kappa shape index (κ3) is 6.55. The highest BCUT2D eigenvalue weighted by Crippen LogP contribution is 2.31. The first kappa shape index (κ1) is 25.1. The minimum absolute atomic E-state index is 0.00213. The van der Waals surface area contributed by atoms with E-state index in [1.54, 1.807) is 18.4 Å². The van der Waals surface area contributed by atoms with Gasteiger partial charge >= 0.3 is 0 Å². The maximum Gasteiger partial charge on any atom is 0.248 e. The van der Waals surface area contributed by atoms with Crippen molar-refractivity contribution in [2.45, 2.75) is 58.9 Å². The molecule has 1 aromatic heterocycles. The van der Waals surface area contributed by atoms with Crippen molar-refractivity contribution in [3.05, 3.63) is 63.7 Å². The summed E-state index contributed by atoms with van der Waals surface area (Å²) >= 11 is 1.66. The molecule has 184 valence electrons. The van der Waals surface area contributed by atoms with Crippen molar-refractivity contribution in [3.8, 4) is 17.6 Å². The smallest absolute Gasteiger partial charge is 0.248 e. The van der Waals surface area contributed by atoms with Crippen LogP contribution in [0.2, 0.25) is 0 Å². The second-order valence-corrected chi connectivity index (χ2v) is 11.2. The number of thiazole rings is 1. The lowest BCUT2D eigenvalue weighted by Gasteiger charge is -2.24. The van der Waals surface area contributed by atoms with Crippen LogP contribution in [0.25, 0.3) is 0 Å². The second-order valence-electron chi connectivity index (χ2n) is 10.4. The molecule has 0 aliphatic heterocycles. The fourth-order valence-corrected chi connectivity index (χ4v) is 4.94. The van der Waals surface area contributed by atoms with Crippen molar-refractivity contribution < 1.29 is 9.53 Å². The fraction of sp³-hybridized carbons (Fsp3) is 0.448. The highest BCUT2D eigenvalue weighted by Gasteiger charge is 2.23. The van der Waals surface area contributed by atoms with Crippen molar-refractivity contribution in [2.75, 3.05) is 25.1 Å². The largest absolute Gasteiger partial charge is 0.496 e. The molecule has 0 bridgehead atoms. The maximum atomic E-state index is 12.6. The fourth-order valence-electron chi connectivity index (χ4n) is 3.88. The molecule has 2 aromatic rings. The van der Waals surface area contributed by atoms with Crippen LogP contribution in [0, 0.1) is 24.7 Å². The van der Waals surface area contributed by atoms with Crippen LogP contribution in [0.4, 0.5) is 5.13 Å². The molecule has 1 N–H and O–H groups in total. The average molecular weight is 490 g/mol. The van der Waals surface area contributed by atoms with Gasteiger partial charge in [-0.2, -0.15) is 0 Å². The zero-order valence-corrected chi connectivity index (χ0v) is 22.2. The Kier molecular flexibility index (Phi) is 7.66. The lowest BCUT2D eigenvalue weighted by atomic mass is 9.93. The summed E-state index contributed by atoms with van der Waals surface area (Å²) in [4.78, 5) is 19.8. The van der Waals surface area contributed by atoms with E-state index in [-0.39, 0.29) is 11.3 Å². The van der Waals surface area contributed by atoms with E-state index in [2.05, 4.69) is 61.2 Å². The molecule has 0 spiro atoms. The number of hydrogen-bond acceptors (Lipinski definition) is 5. The molecule has 1 fully saturated rings. The first-order chi connectivity index (χ1) is 16.7. The quantitative estimate of drug-likeness (QED) is 0.469. The Balaban J connectivity index is 1.58. The number of rotatable bonds is 9. The van der Waals surface area contributed by atoms with Crippen molar-refractivity contribution in [3.63, 3.8) is 0 Å². The second kappa shape index (κ2) is 10.7. The van der Waals surface area contributed by atoms with Crippen LogP contribution in [0.1, 0.15) is 56.9 Å². The molecule has 1 saturated carbocycles. The SMILES string of the molecule is COc1cccc(CN(CC2=CC=C(C(=O)NCC3CC3)CC#C2)c2nc(C(C)(C)C)cs2)c1C. The number of amides is 1. The average Bonchev–Trinajstić information content (AvgIpc) is 3.57. The molecule has 6 heteroatoms. The third-order valence-corrected chi connectivity index (χ3v) is 7.32. The van der Waals surface area contributed by atoms with Gasteiger partial charge in [-0.05, 0) is 49.0 Å². The van der Waals surface area contributed by atoms with Gasteiger partial charge in [-0.25, -0.2) is 4.98 Å². The molecule has 0 radical (unpaired) electrons. The van der Waals surface area contributed by atoms with Crippen LogP contribution in [0.15, 0.2) is 46.9 Å². The zero-order chi connectivity index (χ0) is 25.0. The minimum atomic E-state index is -0.0147. The van der Waals surface area contributed by atoms with Gasteiger partial charge in [0.2, 0.25) is 5.91 Å². The molecular weight excluding hydrogens is 454 g/mol. The first-order valence-electron chi connectivity index (χ1n) is 12.2. The van der Waals surface area contributed by atoms with Crippen LogP contribution in [0.3, 0.4) is 0 Å². The maximum absolute atomic E-state index is 12.6. The highest BCUT2D eigenvalue weighted by atomic mass is 32.1. The van der Waals surface area contributed by atoms with Crippen LogP contribution in [-0.4, -0.2) is 31.1 Å².